The second kappa shape index (κ2) is 4.57. The van der Waals surface area contributed by atoms with Crippen molar-refractivity contribution in [3.63, 3.8) is 0 Å². The molecule has 0 saturated carbocycles. The van der Waals surface area contributed by atoms with Crippen molar-refractivity contribution >= 4 is 18.0 Å². The monoisotopic (exact) mass is 192 g/mol. The van der Waals surface area contributed by atoms with Gasteiger partial charge in [0.1, 0.15) is 5.60 Å². The minimum Gasteiger partial charge on any atom is -0.444 e. The Labute approximate surface area is 77.4 Å². The van der Waals surface area contributed by atoms with Gasteiger partial charge in [0.25, 0.3) is 0 Å². The fraction of sp³-hybridized carbons (Fsp3) is 0.857. The van der Waals surface area contributed by atoms with E-state index >= 15 is 0 Å². The van der Waals surface area contributed by atoms with Crippen LogP contribution in [-0.4, -0.2) is 17.1 Å². The molecule has 4 nitrogen and oxygen atoms in total. The molecule has 0 aromatic heterocycles. The van der Waals surface area contributed by atoms with Gasteiger partial charge in [-0.3, -0.25) is 5.14 Å². The van der Waals surface area contributed by atoms with Gasteiger partial charge in [-0.25, -0.2) is 4.79 Å². The summed E-state index contributed by atoms with van der Waals surface area (Å²) in [5.74, 6) is 0. The third kappa shape index (κ3) is 6.30. The molecule has 0 aliphatic rings. The molecule has 3 N–H and O–H groups in total. The first-order valence-electron chi connectivity index (χ1n) is 3.70. The molecular formula is C7H16N2O2S. The lowest BCUT2D eigenvalue weighted by Gasteiger charge is -2.21. The summed E-state index contributed by atoms with van der Waals surface area (Å²) in [7, 11) is 0. The van der Waals surface area contributed by atoms with E-state index in [1.165, 1.54) is 0 Å². The SMILES string of the molecule is C[C@@H](NC(=O)OC(C)(C)C)SN. The number of carbonyl (C=O) groups is 1. The van der Waals surface area contributed by atoms with Crippen molar-refractivity contribution in [1.29, 1.82) is 0 Å². The Hall–Kier alpha value is -0.420. The molecule has 5 heteroatoms. The van der Waals surface area contributed by atoms with Crippen molar-refractivity contribution in [1.82, 2.24) is 5.32 Å². The van der Waals surface area contributed by atoms with Crippen LogP contribution in [0.1, 0.15) is 27.7 Å². The normalized spacial score (nSPS) is 13.8. The van der Waals surface area contributed by atoms with Crippen molar-refractivity contribution in [3.8, 4) is 0 Å². The molecule has 0 aromatic carbocycles. The first kappa shape index (κ1) is 11.6. The molecule has 0 fully saturated rings. The van der Waals surface area contributed by atoms with Gasteiger partial charge >= 0.3 is 6.09 Å². The Morgan fingerprint density at radius 2 is 2.08 bits per heavy atom. The maximum Gasteiger partial charge on any atom is 0.408 e. The molecule has 1 amide bonds. The summed E-state index contributed by atoms with van der Waals surface area (Å²) in [6.45, 7) is 7.22. The first-order valence-corrected chi connectivity index (χ1v) is 4.64. The number of alkyl carbamates (subject to hydrolysis) is 1. The summed E-state index contributed by atoms with van der Waals surface area (Å²) in [6, 6.07) is 0. The second-order valence-electron chi connectivity index (χ2n) is 3.42. The predicted octanol–water partition coefficient (Wildman–Crippen LogP) is 1.46. The Balaban J connectivity index is 3.75. The topological polar surface area (TPSA) is 64.3 Å². The molecule has 72 valence electrons. The molecular weight excluding hydrogens is 176 g/mol. The number of carbonyl (C=O) groups excluding carboxylic acids is 1. The molecule has 0 aliphatic heterocycles. The Bertz CT molecular complexity index is 156. The average Bonchev–Trinajstić information content (AvgIpc) is 1.82. The van der Waals surface area contributed by atoms with Crippen molar-refractivity contribution in [2.45, 2.75) is 38.7 Å². The summed E-state index contributed by atoms with van der Waals surface area (Å²) < 4.78 is 4.99. The standard InChI is InChI=1S/C7H16N2O2S/c1-5(12-8)9-6(10)11-7(2,3)4/h5H,8H2,1-4H3,(H,9,10)/t5-/m0/s1. The van der Waals surface area contributed by atoms with Gasteiger partial charge in [0.2, 0.25) is 0 Å². The van der Waals surface area contributed by atoms with E-state index in [0.717, 1.165) is 11.9 Å². The van der Waals surface area contributed by atoms with E-state index in [9.17, 15) is 4.79 Å². The van der Waals surface area contributed by atoms with Crippen LogP contribution < -0.4 is 10.5 Å². The zero-order valence-corrected chi connectivity index (χ0v) is 8.70. The summed E-state index contributed by atoms with van der Waals surface area (Å²) in [5, 5.41) is 7.67. The van der Waals surface area contributed by atoms with E-state index in [1.54, 1.807) is 6.92 Å². The van der Waals surface area contributed by atoms with Gasteiger partial charge in [-0.05, 0) is 27.7 Å². The largest absolute Gasteiger partial charge is 0.444 e. The van der Waals surface area contributed by atoms with Crippen LogP contribution in [0.25, 0.3) is 0 Å². The number of hydrogen-bond acceptors (Lipinski definition) is 4. The van der Waals surface area contributed by atoms with Crippen molar-refractivity contribution < 1.29 is 9.53 Å². The molecule has 0 spiro atoms. The van der Waals surface area contributed by atoms with E-state index in [2.05, 4.69) is 5.32 Å². The fourth-order valence-electron chi connectivity index (χ4n) is 0.508. The van der Waals surface area contributed by atoms with Crippen LogP contribution in [0.5, 0.6) is 0 Å². The molecule has 0 radical (unpaired) electrons. The molecule has 0 rings (SSSR count). The molecule has 0 bridgehead atoms. The summed E-state index contributed by atoms with van der Waals surface area (Å²) in [5.41, 5.74) is -0.455. The number of rotatable bonds is 2. The summed E-state index contributed by atoms with van der Waals surface area (Å²) in [4.78, 5) is 11.0. The minimum atomic E-state index is -0.455. The van der Waals surface area contributed by atoms with Gasteiger partial charge < -0.3 is 10.1 Å². The van der Waals surface area contributed by atoms with Crippen LogP contribution in [0.15, 0.2) is 0 Å². The number of ether oxygens (including phenoxy) is 1. The molecule has 0 aliphatic carbocycles. The molecule has 0 unspecified atom stereocenters. The van der Waals surface area contributed by atoms with Crippen molar-refractivity contribution in [2.24, 2.45) is 5.14 Å². The quantitative estimate of drug-likeness (QED) is 0.513. The smallest absolute Gasteiger partial charge is 0.408 e. The highest BCUT2D eigenvalue weighted by atomic mass is 32.2. The average molecular weight is 192 g/mol. The predicted molar refractivity (Wildman–Crippen MR) is 50.6 cm³/mol. The third-order valence-electron chi connectivity index (χ3n) is 0.924. The van der Waals surface area contributed by atoms with E-state index in [1.807, 2.05) is 20.8 Å². The third-order valence-corrected chi connectivity index (χ3v) is 1.45. The Morgan fingerprint density at radius 1 is 1.58 bits per heavy atom. The maximum atomic E-state index is 11.0. The van der Waals surface area contributed by atoms with E-state index in [-0.39, 0.29) is 5.37 Å². The van der Waals surface area contributed by atoms with Crippen LogP contribution >= 0.6 is 11.9 Å². The number of hydrogen-bond donors (Lipinski definition) is 2. The Kier molecular flexibility index (Phi) is 4.41. The molecule has 0 heterocycles. The number of nitrogens with one attached hydrogen (secondary N) is 1. The highest BCUT2D eigenvalue weighted by Gasteiger charge is 2.16. The fourth-order valence-corrected chi connectivity index (χ4v) is 0.672. The van der Waals surface area contributed by atoms with Gasteiger partial charge in [0, 0.05) is 0 Å². The number of nitrogens with two attached hydrogens (primary N) is 1. The highest BCUT2D eigenvalue weighted by Crippen LogP contribution is 2.07. The van der Waals surface area contributed by atoms with Crippen LogP contribution in [0.4, 0.5) is 4.79 Å². The van der Waals surface area contributed by atoms with Crippen molar-refractivity contribution in [2.75, 3.05) is 0 Å². The van der Waals surface area contributed by atoms with Gasteiger partial charge in [-0.2, -0.15) is 0 Å². The van der Waals surface area contributed by atoms with Crippen LogP contribution in [0, 0.1) is 0 Å². The molecule has 0 aromatic rings. The van der Waals surface area contributed by atoms with Crippen molar-refractivity contribution in [3.05, 3.63) is 0 Å². The molecule has 1 atom stereocenters. The van der Waals surface area contributed by atoms with Crippen LogP contribution in [0.3, 0.4) is 0 Å². The lowest BCUT2D eigenvalue weighted by atomic mass is 10.2. The second-order valence-corrected chi connectivity index (χ2v) is 4.40. The van der Waals surface area contributed by atoms with Crippen LogP contribution in [0.2, 0.25) is 0 Å². The van der Waals surface area contributed by atoms with E-state index < -0.39 is 11.7 Å². The lowest BCUT2D eigenvalue weighted by molar-refractivity contribution is 0.0525. The zero-order chi connectivity index (χ0) is 9.78. The number of amides is 1. The first-order chi connectivity index (χ1) is 5.35. The van der Waals surface area contributed by atoms with Crippen LogP contribution in [-0.2, 0) is 4.74 Å². The summed E-state index contributed by atoms with van der Waals surface area (Å²) >= 11 is 1.07. The van der Waals surface area contributed by atoms with Gasteiger partial charge in [-0.15, -0.1) is 0 Å². The molecule has 0 saturated heterocycles. The maximum absolute atomic E-state index is 11.0. The molecule has 12 heavy (non-hydrogen) atoms. The van der Waals surface area contributed by atoms with Gasteiger partial charge in [0.15, 0.2) is 0 Å². The lowest BCUT2D eigenvalue weighted by Crippen LogP contribution is -2.36. The zero-order valence-electron chi connectivity index (χ0n) is 7.88. The Morgan fingerprint density at radius 3 is 2.42 bits per heavy atom. The van der Waals surface area contributed by atoms with E-state index in [4.69, 9.17) is 9.88 Å². The summed E-state index contributed by atoms with van der Waals surface area (Å²) in [6.07, 6.45) is -0.437. The minimum absolute atomic E-state index is 0.125. The highest BCUT2D eigenvalue weighted by molar-refractivity contribution is 7.97. The van der Waals surface area contributed by atoms with E-state index in [0.29, 0.717) is 0 Å². The van der Waals surface area contributed by atoms with Gasteiger partial charge in [-0.1, -0.05) is 11.9 Å². The van der Waals surface area contributed by atoms with Gasteiger partial charge in [0.05, 0.1) is 5.37 Å².